The van der Waals surface area contributed by atoms with Gasteiger partial charge in [-0.15, -0.1) is 0 Å². The summed E-state index contributed by atoms with van der Waals surface area (Å²) < 4.78 is 5.33. The zero-order valence-electron chi connectivity index (χ0n) is 18.1. The standard InChI is InChI=1S/C22H36N2O3/c1-16(25)18(23-20(2,3)4)21(5,6)15-22(7,8)24-19(26)27-14-17-12-10-9-11-13-17/h9-13,18,23H,14-15H2,1-8H3,(H,24,26). The Labute approximate surface area is 164 Å². The van der Waals surface area contributed by atoms with Gasteiger partial charge in [0.25, 0.3) is 0 Å². The minimum atomic E-state index is -0.523. The molecule has 0 saturated heterocycles. The lowest BCUT2D eigenvalue weighted by atomic mass is 9.73. The van der Waals surface area contributed by atoms with Crippen molar-refractivity contribution >= 4 is 11.9 Å². The van der Waals surface area contributed by atoms with E-state index in [0.717, 1.165) is 5.56 Å². The summed E-state index contributed by atoms with van der Waals surface area (Å²) in [5.74, 6) is 0.0948. The van der Waals surface area contributed by atoms with Gasteiger partial charge < -0.3 is 15.4 Å². The number of hydrogen-bond donors (Lipinski definition) is 2. The number of benzene rings is 1. The number of ether oxygens (including phenoxy) is 1. The zero-order valence-corrected chi connectivity index (χ0v) is 18.1. The van der Waals surface area contributed by atoms with Gasteiger partial charge in [-0.1, -0.05) is 44.2 Å². The molecule has 0 aliphatic rings. The molecule has 1 aromatic rings. The second-order valence-electron chi connectivity index (χ2n) is 9.67. The number of alkyl carbamates (subject to hydrolysis) is 1. The molecule has 27 heavy (non-hydrogen) atoms. The Morgan fingerprint density at radius 3 is 2.04 bits per heavy atom. The molecule has 0 bridgehead atoms. The van der Waals surface area contributed by atoms with Crippen LogP contribution in [0.4, 0.5) is 4.79 Å². The fraction of sp³-hybridized carbons (Fsp3) is 0.636. The fourth-order valence-electron chi connectivity index (χ4n) is 3.60. The van der Waals surface area contributed by atoms with E-state index in [1.54, 1.807) is 6.92 Å². The molecule has 2 N–H and O–H groups in total. The molecule has 152 valence electrons. The monoisotopic (exact) mass is 376 g/mol. The van der Waals surface area contributed by atoms with Crippen molar-refractivity contribution in [2.24, 2.45) is 5.41 Å². The summed E-state index contributed by atoms with van der Waals surface area (Å²) in [7, 11) is 0. The van der Waals surface area contributed by atoms with Gasteiger partial charge in [0.05, 0.1) is 6.04 Å². The minimum Gasteiger partial charge on any atom is -0.445 e. The first kappa shape index (κ1) is 23.2. The second kappa shape index (κ2) is 8.87. The Bertz CT molecular complexity index is 631. The van der Waals surface area contributed by atoms with Gasteiger partial charge in [-0.2, -0.15) is 0 Å². The van der Waals surface area contributed by atoms with Crippen LogP contribution in [0.2, 0.25) is 0 Å². The van der Waals surface area contributed by atoms with E-state index in [2.05, 4.69) is 24.5 Å². The molecule has 0 aliphatic carbocycles. The number of carbonyl (C=O) groups excluding carboxylic acids is 2. The van der Waals surface area contributed by atoms with E-state index < -0.39 is 11.6 Å². The van der Waals surface area contributed by atoms with Gasteiger partial charge in [-0.3, -0.25) is 4.79 Å². The van der Waals surface area contributed by atoms with Gasteiger partial charge in [0.2, 0.25) is 0 Å². The Kier molecular flexibility index (Phi) is 7.61. The first-order valence-electron chi connectivity index (χ1n) is 9.49. The van der Waals surface area contributed by atoms with E-state index in [9.17, 15) is 9.59 Å². The van der Waals surface area contributed by atoms with Gasteiger partial charge in [-0.25, -0.2) is 4.79 Å². The molecule has 1 unspecified atom stereocenters. The van der Waals surface area contributed by atoms with Gasteiger partial charge >= 0.3 is 6.09 Å². The van der Waals surface area contributed by atoms with Crippen molar-refractivity contribution in [3.05, 3.63) is 35.9 Å². The molecule has 0 saturated carbocycles. The van der Waals surface area contributed by atoms with Gasteiger partial charge in [-0.05, 0) is 58.9 Å². The number of carbonyl (C=O) groups is 2. The van der Waals surface area contributed by atoms with Crippen molar-refractivity contribution in [3.63, 3.8) is 0 Å². The summed E-state index contributed by atoms with van der Waals surface area (Å²) in [6.45, 7) is 16.0. The van der Waals surface area contributed by atoms with Crippen LogP contribution in [0, 0.1) is 5.41 Å². The Balaban J connectivity index is 2.72. The Hall–Kier alpha value is -1.88. The van der Waals surface area contributed by atoms with Crippen molar-refractivity contribution in [1.82, 2.24) is 10.6 Å². The quantitative estimate of drug-likeness (QED) is 0.703. The van der Waals surface area contributed by atoms with Crippen molar-refractivity contribution in [1.29, 1.82) is 0 Å². The summed E-state index contributed by atoms with van der Waals surface area (Å²) in [6, 6.07) is 9.26. The fourth-order valence-corrected chi connectivity index (χ4v) is 3.60. The highest BCUT2D eigenvalue weighted by Gasteiger charge is 2.40. The highest BCUT2D eigenvalue weighted by Crippen LogP contribution is 2.33. The molecular weight excluding hydrogens is 340 g/mol. The largest absolute Gasteiger partial charge is 0.445 e. The first-order valence-corrected chi connectivity index (χ1v) is 9.49. The minimum absolute atomic E-state index is 0.0948. The molecule has 5 nitrogen and oxygen atoms in total. The molecule has 1 amide bonds. The number of amides is 1. The third kappa shape index (κ3) is 8.57. The Morgan fingerprint density at radius 2 is 1.56 bits per heavy atom. The maximum absolute atomic E-state index is 12.3. The number of rotatable bonds is 8. The summed E-state index contributed by atoms with van der Waals surface area (Å²) in [5, 5.41) is 6.36. The molecule has 0 spiro atoms. The molecule has 1 atom stereocenters. The third-order valence-electron chi connectivity index (χ3n) is 4.32. The molecule has 0 heterocycles. The lowest BCUT2D eigenvalue weighted by Crippen LogP contribution is -2.57. The van der Waals surface area contributed by atoms with Gasteiger partial charge in [0.1, 0.15) is 12.4 Å². The molecule has 1 aromatic carbocycles. The lowest BCUT2D eigenvalue weighted by Gasteiger charge is -2.42. The normalized spacial score (nSPS) is 13.8. The van der Waals surface area contributed by atoms with Crippen LogP contribution in [-0.4, -0.2) is 29.0 Å². The molecule has 0 aromatic heterocycles. The average Bonchev–Trinajstić information content (AvgIpc) is 2.49. The summed E-state index contributed by atoms with van der Waals surface area (Å²) in [4.78, 5) is 24.5. The predicted molar refractivity (Wildman–Crippen MR) is 110 cm³/mol. The topological polar surface area (TPSA) is 67.4 Å². The number of Topliss-reactive ketones (excluding diaryl/α,β-unsaturated/α-hetero) is 1. The maximum atomic E-state index is 12.3. The van der Waals surface area contributed by atoms with Gasteiger partial charge in [0, 0.05) is 11.1 Å². The van der Waals surface area contributed by atoms with E-state index in [0.29, 0.717) is 6.42 Å². The van der Waals surface area contributed by atoms with E-state index in [1.807, 2.05) is 65.0 Å². The molecule has 0 fully saturated rings. The third-order valence-corrected chi connectivity index (χ3v) is 4.32. The lowest BCUT2D eigenvalue weighted by molar-refractivity contribution is -0.122. The van der Waals surface area contributed by atoms with E-state index in [4.69, 9.17) is 4.74 Å². The van der Waals surface area contributed by atoms with Gasteiger partial charge in [0.15, 0.2) is 0 Å². The summed E-state index contributed by atoms with van der Waals surface area (Å²) >= 11 is 0. The van der Waals surface area contributed by atoms with Crippen LogP contribution in [0.5, 0.6) is 0 Å². The smallest absolute Gasteiger partial charge is 0.407 e. The van der Waals surface area contributed by atoms with Crippen LogP contribution in [-0.2, 0) is 16.1 Å². The van der Waals surface area contributed by atoms with Crippen LogP contribution in [0.25, 0.3) is 0 Å². The van der Waals surface area contributed by atoms with Crippen LogP contribution < -0.4 is 10.6 Å². The molecular formula is C22H36N2O3. The number of nitrogens with one attached hydrogen (secondary N) is 2. The Morgan fingerprint density at radius 1 is 1.00 bits per heavy atom. The van der Waals surface area contributed by atoms with Crippen molar-refractivity contribution in [2.75, 3.05) is 0 Å². The van der Waals surface area contributed by atoms with Crippen molar-refractivity contribution < 1.29 is 14.3 Å². The van der Waals surface area contributed by atoms with E-state index in [-0.39, 0.29) is 29.4 Å². The average molecular weight is 377 g/mol. The van der Waals surface area contributed by atoms with Crippen LogP contribution in [0.15, 0.2) is 30.3 Å². The van der Waals surface area contributed by atoms with Crippen LogP contribution >= 0.6 is 0 Å². The molecule has 5 heteroatoms. The molecule has 1 rings (SSSR count). The highest BCUT2D eigenvalue weighted by atomic mass is 16.5. The molecule has 0 radical (unpaired) electrons. The van der Waals surface area contributed by atoms with Crippen LogP contribution in [0.3, 0.4) is 0 Å². The number of hydrogen-bond acceptors (Lipinski definition) is 4. The predicted octanol–water partition coefficient (Wildman–Crippen LogP) is 4.45. The SMILES string of the molecule is CC(=O)C(NC(C)(C)C)C(C)(C)CC(C)(C)NC(=O)OCc1ccccc1. The van der Waals surface area contributed by atoms with Crippen molar-refractivity contribution in [3.8, 4) is 0 Å². The van der Waals surface area contributed by atoms with E-state index >= 15 is 0 Å². The van der Waals surface area contributed by atoms with Crippen LogP contribution in [0.1, 0.15) is 67.4 Å². The molecule has 0 aliphatic heterocycles. The second-order valence-corrected chi connectivity index (χ2v) is 9.67. The first-order chi connectivity index (χ1) is 12.2. The summed E-state index contributed by atoms with van der Waals surface area (Å²) in [6.07, 6.45) is 0.163. The number of ketones is 1. The van der Waals surface area contributed by atoms with Crippen molar-refractivity contribution in [2.45, 2.75) is 85.5 Å². The summed E-state index contributed by atoms with van der Waals surface area (Å²) in [5.41, 5.74) is -0.114. The maximum Gasteiger partial charge on any atom is 0.407 e. The zero-order chi connectivity index (χ0) is 20.9. The van der Waals surface area contributed by atoms with E-state index in [1.165, 1.54) is 0 Å². The highest BCUT2D eigenvalue weighted by molar-refractivity contribution is 5.82.